The highest BCUT2D eigenvalue weighted by Crippen LogP contribution is 2.23. The third-order valence-corrected chi connectivity index (χ3v) is 4.25. The second-order valence-electron chi connectivity index (χ2n) is 4.42. The lowest BCUT2D eigenvalue weighted by atomic mass is 10.2. The molecule has 0 fully saturated rings. The molecular weight excluding hydrogens is 301 g/mol. The maximum Gasteiger partial charge on any atom is 0.357 e. The Morgan fingerprint density at radius 1 is 1.38 bits per heavy atom. The number of benzene rings is 1. The highest BCUT2D eigenvalue weighted by atomic mass is 32.2. The van der Waals surface area contributed by atoms with Gasteiger partial charge in [0.2, 0.25) is 0 Å². The lowest BCUT2D eigenvalue weighted by Gasteiger charge is -2.09. The van der Waals surface area contributed by atoms with Crippen LogP contribution in [0.25, 0.3) is 0 Å². The summed E-state index contributed by atoms with van der Waals surface area (Å²) in [7, 11) is -4.28. The van der Waals surface area contributed by atoms with Gasteiger partial charge in [0, 0.05) is 0 Å². The Morgan fingerprint density at radius 3 is 2.67 bits per heavy atom. The SMILES string of the molecule is Cc1ccc(F)c(NS(=O)(=O)c2c(C(=O)O)n[nH]c2C)c1. The first-order chi connectivity index (χ1) is 9.72. The van der Waals surface area contributed by atoms with Crippen molar-refractivity contribution in [2.24, 2.45) is 0 Å². The summed E-state index contributed by atoms with van der Waals surface area (Å²) in [5.74, 6) is -2.26. The first-order valence-corrected chi connectivity index (χ1v) is 7.28. The molecule has 0 aliphatic heterocycles. The van der Waals surface area contributed by atoms with Crippen molar-refractivity contribution >= 4 is 21.7 Å². The number of sulfonamides is 1. The minimum absolute atomic E-state index is 0.0490. The van der Waals surface area contributed by atoms with E-state index in [9.17, 15) is 17.6 Å². The third-order valence-electron chi connectivity index (χ3n) is 2.73. The smallest absolute Gasteiger partial charge is 0.357 e. The van der Waals surface area contributed by atoms with Crippen LogP contribution in [-0.2, 0) is 10.0 Å². The molecule has 2 aromatic rings. The predicted octanol–water partition coefficient (Wildman–Crippen LogP) is 1.66. The number of hydrogen-bond acceptors (Lipinski definition) is 4. The molecule has 1 aromatic carbocycles. The fourth-order valence-corrected chi connectivity index (χ4v) is 3.19. The van der Waals surface area contributed by atoms with Crippen molar-refractivity contribution in [1.29, 1.82) is 0 Å². The number of nitrogens with one attached hydrogen (secondary N) is 2. The van der Waals surface area contributed by atoms with Gasteiger partial charge in [-0.3, -0.25) is 9.82 Å². The van der Waals surface area contributed by atoms with E-state index in [4.69, 9.17) is 5.11 Å². The van der Waals surface area contributed by atoms with Crippen LogP contribution in [0.3, 0.4) is 0 Å². The number of nitrogens with zero attached hydrogens (tertiary/aromatic N) is 1. The second-order valence-corrected chi connectivity index (χ2v) is 6.04. The summed E-state index contributed by atoms with van der Waals surface area (Å²) in [6, 6.07) is 3.91. The maximum absolute atomic E-state index is 13.6. The van der Waals surface area contributed by atoms with Crippen molar-refractivity contribution in [3.8, 4) is 0 Å². The van der Waals surface area contributed by atoms with Crippen molar-refractivity contribution in [3.63, 3.8) is 0 Å². The summed E-state index contributed by atoms with van der Waals surface area (Å²) >= 11 is 0. The van der Waals surface area contributed by atoms with E-state index < -0.39 is 32.4 Å². The minimum atomic E-state index is -4.28. The Hall–Kier alpha value is -2.42. The second kappa shape index (κ2) is 5.17. The molecule has 0 saturated heterocycles. The molecule has 0 unspecified atom stereocenters. The number of hydrogen-bond donors (Lipinski definition) is 3. The van der Waals surface area contributed by atoms with E-state index in [1.54, 1.807) is 6.92 Å². The van der Waals surface area contributed by atoms with Gasteiger partial charge < -0.3 is 5.11 Å². The summed E-state index contributed by atoms with van der Waals surface area (Å²) in [6.07, 6.45) is 0. The van der Waals surface area contributed by atoms with Crippen molar-refractivity contribution in [2.75, 3.05) is 4.72 Å². The van der Waals surface area contributed by atoms with E-state index in [2.05, 4.69) is 10.2 Å². The van der Waals surface area contributed by atoms with Gasteiger partial charge in [-0.25, -0.2) is 17.6 Å². The number of carboxylic acids is 1. The Balaban J connectivity index is 2.51. The van der Waals surface area contributed by atoms with Gasteiger partial charge in [0.25, 0.3) is 10.0 Å². The zero-order valence-corrected chi connectivity index (χ0v) is 12.0. The van der Waals surface area contributed by atoms with Gasteiger partial charge in [0.15, 0.2) is 5.69 Å². The van der Waals surface area contributed by atoms with E-state index in [1.165, 1.54) is 19.1 Å². The van der Waals surface area contributed by atoms with Crippen LogP contribution in [0.2, 0.25) is 0 Å². The van der Waals surface area contributed by atoms with Gasteiger partial charge in [-0.1, -0.05) is 6.07 Å². The number of rotatable bonds is 4. The van der Waals surface area contributed by atoms with Gasteiger partial charge in [0.1, 0.15) is 10.7 Å². The van der Waals surface area contributed by atoms with Crippen LogP contribution >= 0.6 is 0 Å². The lowest BCUT2D eigenvalue weighted by molar-refractivity contribution is 0.0686. The van der Waals surface area contributed by atoms with Crippen molar-refractivity contribution < 1.29 is 22.7 Å². The number of aromatic carboxylic acids is 1. The summed E-state index contributed by atoms with van der Waals surface area (Å²) in [5, 5.41) is 14.7. The normalized spacial score (nSPS) is 11.4. The van der Waals surface area contributed by atoms with Gasteiger partial charge in [-0.05, 0) is 31.5 Å². The summed E-state index contributed by atoms with van der Waals surface area (Å²) in [5.41, 5.74) is -0.204. The Kier molecular flexibility index (Phi) is 3.69. The minimum Gasteiger partial charge on any atom is -0.476 e. The topological polar surface area (TPSA) is 112 Å². The molecule has 0 atom stereocenters. The number of halogens is 1. The molecule has 1 heterocycles. The standard InChI is InChI=1S/C12H12FN3O4S/c1-6-3-4-8(13)9(5-6)16-21(19,20)11-7(2)14-15-10(11)12(17)18/h3-5,16H,1-2H3,(H,14,15)(H,17,18). The lowest BCUT2D eigenvalue weighted by Crippen LogP contribution is -2.17. The third kappa shape index (κ3) is 2.87. The Labute approximate surface area is 119 Å². The van der Waals surface area contributed by atoms with Crippen LogP contribution in [-0.4, -0.2) is 29.7 Å². The van der Waals surface area contributed by atoms with Crippen molar-refractivity contribution in [3.05, 3.63) is 41.0 Å². The molecule has 0 spiro atoms. The van der Waals surface area contributed by atoms with E-state index in [0.717, 1.165) is 6.07 Å². The number of anilines is 1. The van der Waals surface area contributed by atoms with E-state index in [1.807, 2.05) is 4.72 Å². The quantitative estimate of drug-likeness (QED) is 0.794. The van der Waals surface area contributed by atoms with Gasteiger partial charge in [-0.2, -0.15) is 5.10 Å². The molecule has 112 valence electrons. The van der Waals surface area contributed by atoms with E-state index in [-0.39, 0.29) is 11.4 Å². The number of aromatic amines is 1. The number of aryl methyl sites for hydroxylation is 2. The first-order valence-electron chi connectivity index (χ1n) is 5.79. The molecular formula is C12H12FN3O4S. The zero-order valence-electron chi connectivity index (χ0n) is 11.1. The molecule has 0 aliphatic carbocycles. The molecule has 7 nitrogen and oxygen atoms in total. The zero-order chi connectivity index (χ0) is 15.8. The van der Waals surface area contributed by atoms with Crippen LogP contribution in [0.15, 0.2) is 23.1 Å². The predicted molar refractivity (Wildman–Crippen MR) is 72.2 cm³/mol. The van der Waals surface area contributed by atoms with Gasteiger partial charge >= 0.3 is 5.97 Å². The van der Waals surface area contributed by atoms with E-state index >= 15 is 0 Å². The summed E-state index contributed by atoms with van der Waals surface area (Å²) in [4.78, 5) is 10.5. The van der Waals surface area contributed by atoms with Crippen LogP contribution in [0.1, 0.15) is 21.7 Å². The van der Waals surface area contributed by atoms with Crippen LogP contribution in [0, 0.1) is 19.7 Å². The van der Waals surface area contributed by atoms with Crippen LogP contribution in [0.4, 0.5) is 10.1 Å². The molecule has 0 saturated carbocycles. The number of H-pyrrole nitrogens is 1. The van der Waals surface area contributed by atoms with Crippen LogP contribution in [0.5, 0.6) is 0 Å². The largest absolute Gasteiger partial charge is 0.476 e. The molecule has 0 radical (unpaired) electrons. The molecule has 0 bridgehead atoms. The Bertz CT molecular complexity index is 814. The van der Waals surface area contributed by atoms with Gasteiger partial charge in [0.05, 0.1) is 11.4 Å². The molecule has 0 amide bonds. The Morgan fingerprint density at radius 2 is 2.05 bits per heavy atom. The molecule has 9 heteroatoms. The fourth-order valence-electron chi connectivity index (χ4n) is 1.81. The molecule has 0 aliphatic rings. The number of carboxylic acid groups (broad SMARTS) is 1. The monoisotopic (exact) mass is 313 g/mol. The highest BCUT2D eigenvalue weighted by Gasteiger charge is 2.28. The van der Waals surface area contributed by atoms with Gasteiger partial charge in [-0.15, -0.1) is 0 Å². The first kappa shape index (κ1) is 15.0. The summed E-state index contributed by atoms with van der Waals surface area (Å²) < 4.78 is 40.2. The average molecular weight is 313 g/mol. The fraction of sp³-hybridized carbons (Fsp3) is 0.167. The maximum atomic E-state index is 13.6. The molecule has 3 N–H and O–H groups in total. The average Bonchev–Trinajstić information content (AvgIpc) is 2.76. The highest BCUT2D eigenvalue weighted by molar-refractivity contribution is 7.92. The van der Waals surface area contributed by atoms with Crippen molar-refractivity contribution in [2.45, 2.75) is 18.7 Å². The molecule has 2 rings (SSSR count). The van der Waals surface area contributed by atoms with E-state index in [0.29, 0.717) is 5.56 Å². The molecule has 21 heavy (non-hydrogen) atoms. The number of aromatic nitrogens is 2. The summed E-state index contributed by atoms with van der Waals surface area (Å²) in [6.45, 7) is 3.03. The van der Waals surface area contributed by atoms with Crippen LogP contribution < -0.4 is 4.72 Å². The molecule has 1 aromatic heterocycles. The number of carbonyl (C=O) groups is 1. The van der Waals surface area contributed by atoms with Crippen molar-refractivity contribution in [1.82, 2.24) is 10.2 Å².